The molecule has 1 aromatic carbocycles. The Labute approximate surface area is 174 Å². The number of fused-ring (bicyclic) bond motifs is 2. The molecule has 3 atom stereocenters. The van der Waals surface area contributed by atoms with Crippen LogP contribution in [0.2, 0.25) is 0 Å². The number of carbonyl (C=O) groups is 1. The van der Waals surface area contributed by atoms with E-state index in [0.717, 1.165) is 45.2 Å². The predicted molar refractivity (Wildman–Crippen MR) is 111 cm³/mol. The van der Waals surface area contributed by atoms with Gasteiger partial charge in [-0.25, -0.2) is 8.42 Å². The molecule has 28 heavy (non-hydrogen) atoms. The quantitative estimate of drug-likeness (QED) is 0.805. The van der Waals surface area contributed by atoms with Gasteiger partial charge in [0.25, 0.3) is 5.91 Å². The number of likely N-dealkylation sites (tertiary alicyclic amines) is 1. The van der Waals surface area contributed by atoms with Crippen molar-refractivity contribution in [2.45, 2.75) is 68.5 Å². The minimum Gasteiger partial charge on any atom is -0.337 e. The fourth-order valence-corrected chi connectivity index (χ4v) is 6.34. The molecule has 3 heterocycles. The van der Waals surface area contributed by atoms with Gasteiger partial charge in [0.15, 0.2) is 0 Å². The summed E-state index contributed by atoms with van der Waals surface area (Å²) in [7, 11) is -3.49. The number of halogens is 1. The molecule has 1 N–H and O–H groups in total. The zero-order valence-electron chi connectivity index (χ0n) is 16.3. The van der Waals surface area contributed by atoms with Crippen LogP contribution in [0.25, 0.3) is 0 Å². The minimum atomic E-state index is -3.49. The molecule has 2 bridgehead atoms. The minimum absolute atomic E-state index is 0. The lowest BCUT2D eigenvalue weighted by Crippen LogP contribution is -2.42. The zero-order valence-corrected chi connectivity index (χ0v) is 18.0. The maximum Gasteiger partial charge on any atom is 0.253 e. The van der Waals surface area contributed by atoms with Gasteiger partial charge in [0.2, 0.25) is 10.0 Å². The highest BCUT2D eigenvalue weighted by molar-refractivity contribution is 7.89. The molecule has 6 nitrogen and oxygen atoms in total. The molecular formula is C20H30ClN3O3S. The lowest BCUT2D eigenvalue weighted by Gasteiger charge is -2.32. The van der Waals surface area contributed by atoms with Gasteiger partial charge in [-0.3, -0.25) is 4.79 Å². The van der Waals surface area contributed by atoms with E-state index in [1.807, 2.05) is 11.8 Å². The number of sulfonamides is 1. The van der Waals surface area contributed by atoms with Gasteiger partial charge < -0.3 is 10.2 Å². The number of nitrogens with one attached hydrogen (secondary N) is 1. The molecule has 3 fully saturated rings. The smallest absolute Gasteiger partial charge is 0.253 e. The standard InChI is InChI=1S/C20H29N3O3S.ClH/c1-15-4-2-3-12-23(15)27(25,26)19-9-5-16(6-10-19)20(24)22-13-11-17-7-8-18(14-22)21-17;/h5-6,9-10,15,17-18,21H,2-4,7-8,11-14H2,1H3;1H. The van der Waals surface area contributed by atoms with Gasteiger partial charge in [-0.1, -0.05) is 6.42 Å². The summed E-state index contributed by atoms with van der Waals surface area (Å²) < 4.78 is 27.5. The molecule has 3 saturated heterocycles. The number of nitrogens with zero attached hydrogens (tertiary/aromatic N) is 2. The van der Waals surface area contributed by atoms with E-state index in [0.29, 0.717) is 24.2 Å². The van der Waals surface area contributed by atoms with E-state index in [1.165, 1.54) is 6.42 Å². The number of rotatable bonds is 3. The van der Waals surface area contributed by atoms with Crippen LogP contribution >= 0.6 is 12.4 Å². The SMILES string of the molecule is CC1CCCCN1S(=O)(=O)c1ccc(C(=O)N2CCC3CCC(C2)N3)cc1.Cl. The molecule has 8 heteroatoms. The van der Waals surface area contributed by atoms with Crippen molar-refractivity contribution in [2.24, 2.45) is 0 Å². The fraction of sp³-hybridized carbons (Fsp3) is 0.650. The third-order valence-electron chi connectivity index (χ3n) is 6.26. The van der Waals surface area contributed by atoms with E-state index in [-0.39, 0.29) is 29.3 Å². The van der Waals surface area contributed by atoms with Gasteiger partial charge in [0, 0.05) is 43.3 Å². The normalized spacial score (nSPS) is 28.5. The average Bonchev–Trinajstić information content (AvgIpc) is 3.00. The Morgan fingerprint density at radius 1 is 1.00 bits per heavy atom. The molecule has 156 valence electrons. The highest BCUT2D eigenvalue weighted by Gasteiger charge is 2.33. The Bertz CT molecular complexity index is 799. The Kier molecular flexibility index (Phi) is 6.69. The van der Waals surface area contributed by atoms with Crippen LogP contribution < -0.4 is 5.32 Å². The van der Waals surface area contributed by atoms with Gasteiger partial charge in [-0.2, -0.15) is 4.31 Å². The second kappa shape index (κ2) is 8.69. The van der Waals surface area contributed by atoms with E-state index in [2.05, 4.69) is 5.32 Å². The highest BCUT2D eigenvalue weighted by Crippen LogP contribution is 2.26. The molecule has 3 aliphatic heterocycles. The van der Waals surface area contributed by atoms with Crippen molar-refractivity contribution < 1.29 is 13.2 Å². The molecule has 4 rings (SSSR count). The van der Waals surface area contributed by atoms with Crippen LogP contribution in [0.15, 0.2) is 29.2 Å². The number of benzene rings is 1. The van der Waals surface area contributed by atoms with Gasteiger partial charge in [-0.15, -0.1) is 12.4 Å². The zero-order chi connectivity index (χ0) is 19.0. The van der Waals surface area contributed by atoms with Crippen molar-refractivity contribution in [2.75, 3.05) is 19.6 Å². The van der Waals surface area contributed by atoms with E-state index in [1.54, 1.807) is 28.6 Å². The second-order valence-corrected chi connectivity index (χ2v) is 10.1. The second-order valence-electron chi connectivity index (χ2n) is 8.16. The summed E-state index contributed by atoms with van der Waals surface area (Å²) in [6.45, 7) is 4.04. The van der Waals surface area contributed by atoms with Crippen LogP contribution in [0.3, 0.4) is 0 Å². The molecule has 0 aromatic heterocycles. The van der Waals surface area contributed by atoms with Crippen molar-refractivity contribution in [1.82, 2.24) is 14.5 Å². The summed E-state index contributed by atoms with van der Waals surface area (Å²) in [5.41, 5.74) is 0.568. The molecule has 0 aliphatic carbocycles. The molecule has 0 radical (unpaired) electrons. The number of carbonyl (C=O) groups excluding carboxylic acids is 1. The van der Waals surface area contributed by atoms with E-state index < -0.39 is 10.0 Å². The van der Waals surface area contributed by atoms with Crippen LogP contribution in [0.4, 0.5) is 0 Å². The first-order valence-corrected chi connectivity index (χ1v) is 11.6. The maximum absolute atomic E-state index is 12.9. The van der Waals surface area contributed by atoms with E-state index in [9.17, 15) is 13.2 Å². The predicted octanol–water partition coefficient (Wildman–Crippen LogP) is 2.64. The Morgan fingerprint density at radius 2 is 1.71 bits per heavy atom. The first-order chi connectivity index (χ1) is 12.9. The number of amides is 1. The lowest BCUT2D eigenvalue weighted by molar-refractivity contribution is 0.0748. The van der Waals surface area contributed by atoms with E-state index in [4.69, 9.17) is 0 Å². The van der Waals surface area contributed by atoms with Crippen molar-refractivity contribution in [3.05, 3.63) is 29.8 Å². The van der Waals surface area contributed by atoms with Crippen LogP contribution in [0, 0.1) is 0 Å². The van der Waals surface area contributed by atoms with Gasteiger partial charge in [-0.05, 0) is 63.3 Å². The van der Waals surface area contributed by atoms with Crippen LogP contribution in [0.5, 0.6) is 0 Å². The van der Waals surface area contributed by atoms with Crippen LogP contribution in [-0.2, 0) is 10.0 Å². The molecular weight excluding hydrogens is 398 g/mol. The Hall–Kier alpha value is -1.15. The lowest BCUT2D eigenvalue weighted by atomic mass is 10.1. The Morgan fingerprint density at radius 3 is 2.43 bits per heavy atom. The maximum atomic E-state index is 12.9. The van der Waals surface area contributed by atoms with E-state index >= 15 is 0 Å². The van der Waals surface area contributed by atoms with Gasteiger partial charge in [0.1, 0.15) is 0 Å². The molecule has 0 saturated carbocycles. The number of hydrogen-bond donors (Lipinski definition) is 1. The summed E-state index contributed by atoms with van der Waals surface area (Å²) in [5.74, 6) is -0.000335. The number of hydrogen-bond acceptors (Lipinski definition) is 4. The van der Waals surface area contributed by atoms with Gasteiger partial charge >= 0.3 is 0 Å². The van der Waals surface area contributed by atoms with Crippen molar-refractivity contribution in [1.29, 1.82) is 0 Å². The molecule has 3 aliphatic rings. The molecule has 3 unspecified atom stereocenters. The molecule has 1 amide bonds. The van der Waals surface area contributed by atoms with Crippen LogP contribution in [-0.4, -0.2) is 61.3 Å². The first kappa shape index (κ1) is 21.6. The van der Waals surface area contributed by atoms with Crippen molar-refractivity contribution >= 4 is 28.3 Å². The summed E-state index contributed by atoms with van der Waals surface area (Å²) in [4.78, 5) is 15.1. The number of piperidine rings is 1. The van der Waals surface area contributed by atoms with Gasteiger partial charge in [0.05, 0.1) is 4.90 Å². The Balaban J connectivity index is 0.00000225. The fourth-order valence-electron chi connectivity index (χ4n) is 4.64. The largest absolute Gasteiger partial charge is 0.337 e. The third-order valence-corrected chi connectivity index (χ3v) is 8.29. The first-order valence-electron chi connectivity index (χ1n) is 10.1. The molecule has 1 aromatic rings. The summed E-state index contributed by atoms with van der Waals surface area (Å²) in [6.07, 6.45) is 6.20. The summed E-state index contributed by atoms with van der Waals surface area (Å²) in [6, 6.07) is 7.47. The summed E-state index contributed by atoms with van der Waals surface area (Å²) in [5, 5.41) is 3.58. The average molecular weight is 428 g/mol. The van der Waals surface area contributed by atoms with Crippen molar-refractivity contribution in [3.63, 3.8) is 0 Å². The van der Waals surface area contributed by atoms with Crippen molar-refractivity contribution in [3.8, 4) is 0 Å². The topological polar surface area (TPSA) is 69.7 Å². The van der Waals surface area contributed by atoms with Crippen LogP contribution in [0.1, 0.15) is 55.8 Å². The molecule has 0 spiro atoms. The monoisotopic (exact) mass is 427 g/mol. The highest BCUT2D eigenvalue weighted by atomic mass is 35.5. The third kappa shape index (κ3) is 4.22. The summed E-state index contributed by atoms with van der Waals surface area (Å²) >= 11 is 0.